The van der Waals surface area contributed by atoms with Crippen molar-refractivity contribution in [1.29, 1.82) is 0 Å². The lowest BCUT2D eigenvalue weighted by Crippen LogP contribution is -2.50. The smallest absolute Gasteiger partial charge is 0.410 e. The molecule has 1 aliphatic carbocycles. The second-order valence-corrected chi connectivity index (χ2v) is 9.65. The van der Waals surface area contributed by atoms with Crippen LogP contribution in [0.5, 0.6) is 0 Å². The number of ether oxygens (including phenoxy) is 1. The van der Waals surface area contributed by atoms with E-state index in [-0.39, 0.29) is 18.2 Å². The number of nitrogens with one attached hydrogen (secondary N) is 3. The minimum atomic E-state index is -0.487. The van der Waals surface area contributed by atoms with Crippen molar-refractivity contribution >= 4 is 29.7 Å². The second kappa shape index (κ2) is 9.26. The zero-order valence-corrected chi connectivity index (χ0v) is 19.2. The van der Waals surface area contributed by atoms with Gasteiger partial charge in [-0.3, -0.25) is 5.32 Å². The number of hydrogen-bond acceptors (Lipinski definition) is 6. The molecule has 0 radical (unpaired) electrons. The van der Waals surface area contributed by atoms with Crippen molar-refractivity contribution in [3.63, 3.8) is 0 Å². The van der Waals surface area contributed by atoms with Gasteiger partial charge in [0.05, 0.1) is 17.9 Å². The number of anilines is 2. The number of urea groups is 1. The maximum Gasteiger partial charge on any atom is 0.410 e. The summed E-state index contributed by atoms with van der Waals surface area (Å²) in [6.07, 6.45) is 6.24. The van der Waals surface area contributed by atoms with Gasteiger partial charge in [0, 0.05) is 37.9 Å². The molecular weight excluding hydrogens is 408 g/mol. The lowest BCUT2D eigenvalue weighted by molar-refractivity contribution is 0.0169. The zero-order chi connectivity index (χ0) is 22.7. The Balaban J connectivity index is 1.35. The Morgan fingerprint density at radius 3 is 2.53 bits per heavy atom. The van der Waals surface area contributed by atoms with Crippen LogP contribution in [0.25, 0.3) is 6.08 Å². The first-order chi connectivity index (χ1) is 15.3. The number of pyridine rings is 1. The molecule has 3 amide bonds. The van der Waals surface area contributed by atoms with Crippen LogP contribution in [-0.2, 0) is 4.74 Å². The molecular formula is C23H34N6O3. The lowest BCUT2D eigenvalue weighted by Gasteiger charge is -2.38. The highest BCUT2D eigenvalue weighted by Crippen LogP contribution is 2.26. The fourth-order valence-electron chi connectivity index (χ4n) is 4.31. The van der Waals surface area contributed by atoms with E-state index in [1.54, 1.807) is 4.90 Å². The van der Waals surface area contributed by atoms with Crippen LogP contribution in [0.15, 0.2) is 17.8 Å². The van der Waals surface area contributed by atoms with Crippen molar-refractivity contribution in [3.05, 3.63) is 23.5 Å². The fourth-order valence-corrected chi connectivity index (χ4v) is 4.31. The number of aromatic nitrogens is 1. The van der Waals surface area contributed by atoms with Crippen molar-refractivity contribution in [2.24, 2.45) is 0 Å². The van der Waals surface area contributed by atoms with E-state index < -0.39 is 5.60 Å². The Bertz CT molecular complexity index is 880. The quantitative estimate of drug-likeness (QED) is 0.663. The average molecular weight is 443 g/mol. The molecule has 1 aromatic rings. The van der Waals surface area contributed by atoms with Gasteiger partial charge in [0.1, 0.15) is 11.4 Å². The summed E-state index contributed by atoms with van der Waals surface area (Å²) >= 11 is 0. The third kappa shape index (κ3) is 5.63. The van der Waals surface area contributed by atoms with Crippen molar-refractivity contribution in [1.82, 2.24) is 20.1 Å². The van der Waals surface area contributed by atoms with Gasteiger partial charge in [-0.05, 0) is 51.8 Å². The van der Waals surface area contributed by atoms with Gasteiger partial charge >= 0.3 is 12.1 Å². The first-order valence-electron chi connectivity index (χ1n) is 11.5. The van der Waals surface area contributed by atoms with E-state index in [0.29, 0.717) is 25.5 Å². The summed E-state index contributed by atoms with van der Waals surface area (Å²) < 4.78 is 5.48. The second-order valence-electron chi connectivity index (χ2n) is 9.65. The summed E-state index contributed by atoms with van der Waals surface area (Å²) in [4.78, 5) is 33.2. The number of piperazine rings is 1. The molecule has 174 valence electrons. The van der Waals surface area contributed by atoms with Crippen molar-refractivity contribution in [2.75, 3.05) is 43.4 Å². The first-order valence-corrected chi connectivity index (χ1v) is 11.5. The summed E-state index contributed by atoms with van der Waals surface area (Å²) in [5, 5.41) is 9.29. The molecule has 0 aromatic carbocycles. The lowest BCUT2D eigenvalue weighted by atomic mass is 10.1. The van der Waals surface area contributed by atoms with Crippen molar-refractivity contribution in [3.8, 4) is 0 Å². The molecule has 2 aliphatic heterocycles. The van der Waals surface area contributed by atoms with Gasteiger partial charge in [-0.15, -0.1) is 0 Å². The Morgan fingerprint density at radius 2 is 1.84 bits per heavy atom. The molecule has 32 heavy (non-hydrogen) atoms. The van der Waals surface area contributed by atoms with Crippen LogP contribution in [0.4, 0.5) is 21.1 Å². The molecule has 1 aromatic heterocycles. The third-order valence-corrected chi connectivity index (χ3v) is 5.96. The minimum Gasteiger partial charge on any atom is -0.444 e. The van der Waals surface area contributed by atoms with Crippen LogP contribution in [-0.4, -0.2) is 71.3 Å². The number of carbonyl (C=O) groups is 2. The molecule has 1 saturated carbocycles. The average Bonchev–Trinajstić information content (AvgIpc) is 3.25. The maximum absolute atomic E-state index is 12.3. The molecule has 1 saturated heterocycles. The van der Waals surface area contributed by atoms with E-state index in [0.717, 1.165) is 43.0 Å². The Hall–Kier alpha value is -2.97. The number of amides is 3. The number of fused-ring (bicyclic) bond motifs is 1. The van der Waals surface area contributed by atoms with Gasteiger partial charge < -0.3 is 25.2 Å². The monoisotopic (exact) mass is 442 g/mol. The Kier molecular flexibility index (Phi) is 6.43. The first kappa shape index (κ1) is 22.2. The fraction of sp³-hybridized carbons (Fsp3) is 0.609. The number of nitrogens with zero attached hydrogens (tertiary/aromatic N) is 3. The summed E-state index contributed by atoms with van der Waals surface area (Å²) in [6.45, 7) is 9.07. The van der Waals surface area contributed by atoms with E-state index in [9.17, 15) is 9.59 Å². The van der Waals surface area contributed by atoms with Gasteiger partial charge in [0.15, 0.2) is 0 Å². The predicted molar refractivity (Wildman–Crippen MR) is 124 cm³/mol. The van der Waals surface area contributed by atoms with Crippen LogP contribution >= 0.6 is 0 Å². The van der Waals surface area contributed by atoms with Crippen LogP contribution in [0.1, 0.15) is 52.1 Å². The van der Waals surface area contributed by atoms with Crippen LogP contribution in [0.2, 0.25) is 0 Å². The molecule has 3 heterocycles. The van der Waals surface area contributed by atoms with Gasteiger partial charge in [0.2, 0.25) is 0 Å². The van der Waals surface area contributed by atoms with Crippen molar-refractivity contribution in [2.45, 2.75) is 58.1 Å². The molecule has 4 rings (SSSR count). The standard InChI is InChI=1S/C23H34N6O3/c1-23(2,3)32-22(31)29-12-10-28(11-13-29)17-14-19-18(24-15-17)8-9-20(26-19)27-21(30)25-16-6-4-5-7-16/h8-9,14,16,24H,4-7,10-13,15H2,1-3H3,(H2,25,26,27,30). The van der Waals surface area contributed by atoms with Gasteiger partial charge in [-0.1, -0.05) is 12.8 Å². The number of rotatable bonds is 3. The summed E-state index contributed by atoms with van der Waals surface area (Å²) in [5.74, 6) is 0.535. The van der Waals surface area contributed by atoms with Crippen molar-refractivity contribution < 1.29 is 14.3 Å². The normalized spacial score (nSPS) is 19.0. The number of hydrogen-bond donors (Lipinski definition) is 3. The van der Waals surface area contributed by atoms with Crippen LogP contribution in [0.3, 0.4) is 0 Å². The molecule has 0 atom stereocenters. The number of carbonyl (C=O) groups excluding carboxylic acids is 2. The molecule has 0 bridgehead atoms. The van der Waals surface area contributed by atoms with Gasteiger partial charge in [-0.25, -0.2) is 14.6 Å². The third-order valence-electron chi connectivity index (χ3n) is 5.96. The highest BCUT2D eigenvalue weighted by molar-refractivity contribution is 5.89. The minimum absolute atomic E-state index is 0.199. The van der Waals surface area contributed by atoms with E-state index in [1.807, 2.05) is 32.9 Å². The summed E-state index contributed by atoms with van der Waals surface area (Å²) in [6, 6.07) is 3.83. The predicted octanol–water partition coefficient (Wildman–Crippen LogP) is 3.46. The highest BCUT2D eigenvalue weighted by Gasteiger charge is 2.27. The van der Waals surface area contributed by atoms with E-state index >= 15 is 0 Å². The largest absolute Gasteiger partial charge is 0.444 e. The molecule has 0 spiro atoms. The summed E-state index contributed by atoms with van der Waals surface area (Å²) in [7, 11) is 0. The Labute approximate surface area is 189 Å². The van der Waals surface area contributed by atoms with Gasteiger partial charge in [-0.2, -0.15) is 0 Å². The molecule has 0 unspecified atom stereocenters. The van der Waals surface area contributed by atoms with E-state index in [2.05, 4.69) is 31.9 Å². The topological polar surface area (TPSA) is 98.8 Å². The molecule has 2 fully saturated rings. The van der Waals surface area contributed by atoms with Gasteiger partial charge in [0.25, 0.3) is 0 Å². The maximum atomic E-state index is 12.3. The Morgan fingerprint density at radius 1 is 1.12 bits per heavy atom. The summed E-state index contributed by atoms with van der Waals surface area (Å²) in [5.41, 5.74) is 2.39. The molecule has 3 N–H and O–H groups in total. The van der Waals surface area contributed by atoms with Crippen LogP contribution in [0, 0.1) is 0 Å². The SMILES string of the molecule is CC(C)(C)OC(=O)N1CCN(C2=Cc3nc(NC(=O)NC4CCCC4)ccc3NC2)CC1. The van der Waals surface area contributed by atoms with E-state index in [1.165, 1.54) is 12.8 Å². The molecule has 9 nitrogen and oxygen atoms in total. The molecule has 3 aliphatic rings. The van der Waals surface area contributed by atoms with Crippen LogP contribution < -0.4 is 16.0 Å². The zero-order valence-electron chi connectivity index (χ0n) is 19.2. The van der Waals surface area contributed by atoms with E-state index in [4.69, 9.17) is 4.74 Å². The molecule has 9 heteroatoms. The highest BCUT2D eigenvalue weighted by atomic mass is 16.6.